The van der Waals surface area contributed by atoms with Crippen LogP contribution in [0.5, 0.6) is 5.75 Å². The van der Waals surface area contributed by atoms with Crippen molar-refractivity contribution in [1.29, 1.82) is 0 Å². The van der Waals surface area contributed by atoms with Gasteiger partial charge in [-0.3, -0.25) is 4.79 Å². The summed E-state index contributed by atoms with van der Waals surface area (Å²) in [6.07, 6.45) is 3.37. The van der Waals surface area contributed by atoms with Crippen molar-refractivity contribution in [3.05, 3.63) is 18.2 Å². The van der Waals surface area contributed by atoms with Crippen LogP contribution >= 0.6 is 0 Å². The molecule has 0 aliphatic carbocycles. The fourth-order valence-corrected chi connectivity index (χ4v) is 2.79. The lowest BCUT2D eigenvalue weighted by atomic mass is 10.1. The number of methoxy groups -OCH3 is 1. The average molecular weight is 288 g/mol. The molecule has 3 rings (SSSR count). The van der Waals surface area contributed by atoms with Gasteiger partial charge in [-0.1, -0.05) is 0 Å². The maximum absolute atomic E-state index is 12.4. The highest BCUT2D eigenvalue weighted by molar-refractivity contribution is 5.83. The summed E-state index contributed by atoms with van der Waals surface area (Å²) < 4.78 is 6.99. The molecule has 2 heterocycles. The third-order valence-electron chi connectivity index (χ3n) is 3.99. The minimum atomic E-state index is 0.100. The number of fused-ring (bicyclic) bond motifs is 1. The highest BCUT2D eigenvalue weighted by Crippen LogP contribution is 2.23. The maximum atomic E-state index is 12.4. The van der Waals surface area contributed by atoms with Gasteiger partial charge in [0.25, 0.3) is 0 Å². The molecule has 0 saturated carbocycles. The van der Waals surface area contributed by atoms with Crippen LogP contribution in [-0.4, -0.2) is 40.6 Å². The molecule has 2 N–H and O–H groups in total. The van der Waals surface area contributed by atoms with E-state index in [9.17, 15) is 4.79 Å². The third-order valence-corrected chi connectivity index (χ3v) is 3.99. The SMILES string of the molecule is COc1ccc2nc(N)n(CC(=O)N3CCCCC3)c2c1. The zero-order valence-corrected chi connectivity index (χ0v) is 12.2. The minimum Gasteiger partial charge on any atom is -0.497 e. The predicted molar refractivity (Wildman–Crippen MR) is 81.1 cm³/mol. The van der Waals surface area contributed by atoms with Crippen LogP contribution in [0.4, 0.5) is 5.95 Å². The maximum Gasteiger partial charge on any atom is 0.242 e. The second-order valence-corrected chi connectivity index (χ2v) is 5.35. The van der Waals surface area contributed by atoms with E-state index in [0.717, 1.165) is 42.7 Å². The summed E-state index contributed by atoms with van der Waals surface area (Å²) in [5.41, 5.74) is 7.57. The number of rotatable bonds is 3. The van der Waals surface area contributed by atoms with Gasteiger partial charge in [0.15, 0.2) is 0 Å². The molecule has 1 saturated heterocycles. The van der Waals surface area contributed by atoms with E-state index in [1.165, 1.54) is 6.42 Å². The van der Waals surface area contributed by atoms with E-state index in [2.05, 4.69) is 4.98 Å². The van der Waals surface area contributed by atoms with Crippen molar-refractivity contribution in [2.24, 2.45) is 0 Å². The van der Waals surface area contributed by atoms with E-state index in [0.29, 0.717) is 5.95 Å². The third kappa shape index (κ3) is 2.66. The Hall–Kier alpha value is -2.24. The number of benzene rings is 1. The number of hydrogen-bond acceptors (Lipinski definition) is 4. The molecule has 21 heavy (non-hydrogen) atoms. The van der Waals surface area contributed by atoms with Crippen LogP contribution in [0.15, 0.2) is 18.2 Å². The number of carbonyl (C=O) groups is 1. The Kier molecular flexibility index (Phi) is 3.68. The number of anilines is 1. The molecular formula is C15H20N4O2. The van der Waals surface area contributed by atoms with Gasteiger partial charge in [-0.05, 0) is 31.4 Å². The topological polar surface area (TPSA) is 73.4 Å². The first-order chi connectivity index (χ1) is 10.2. The second kappa shape index (κ2) is 5.63. The molecule has 1 amide bonds. The van der Waals surface area contributed by atoms with E-state index >= 15 is 0 Å². The smallest absolute Gasteiger partial charge is 0.242 e. The molecule has 1 aromatic carbocycles. The first-order valence-electron chi connectivity index (χ1n) is 7.26. The van der Waals surface area contributed by atoms with Gasteiger partial charge in [-0.2, -0.15) is 0 Å². The van der Waals surface area contributed by atoms with Crippen molar-refractivity contribution in [3.8, 4) is 5.75 Å². The molecule has 1 fully saturated rings. The second-order valence-electron chi connectivity index (χ2n) is 5.35. The summed E-state index contributed by atoms with van der Waals surface area (Å²) in [5, 5.41) is 0. The van der Waals surface area contributed by atoms with Gasteiger partial charge in [-0.25, -0.2) is 4.98 Å². The van der Waals surface area contributed by atoms with Gasteiger partial charge in [-0.15, -0.1) is 0 Å². The Labute approximate surface area is 123 Å². The minimum absolute atomic E-state index is 0.100. The van der Waals surface area contributed by atoms with Crippen LogP contribution in [0.2, 0.25) is 0 Å². The summed E-state index contributed by atoms with van der Waals surface area (Å²) in [5.74, 6) is 1.20. The number of hydrogen-bond donors (Lipinski definition) is 1. The van der Waals surface area contributed by atoms with Crippen LogP contribution in [0, 0.1) is 0 Å². The first kappa shape index (κ1) is 13.7. The molecule has 112 valence electrons. The van der Waals surface area contributed by atoms with Gasteiger partial charge in [0, 0.05) is 19.2 Å². The van der Waals surface area contributed by atoms with Crippen LogP contribution in [0.3, 0.4) is 0 Å². The lowest BCUT2D eigenvalue weighted by Gasteiger charge is -2.27. The number of nitrogen functional groups attached to an aromatic ring is 1. The van der Waals surface area contributed by atoms with Crippen molar-refractivity contribution in [1.82, 2.24) is 14.5 Å². The largest absolute Gasteiger partial charge is 0.497 e. The van der Waals surface area contributed by atoms with Crippen molar-refractivity contribution in [2.45, 2.75) is 25.8 Å². The molecule has 0 radical (unpaired) electrons. The lowest BCUT2D eigenvalue weighted by Crippen LogP contribution is -2.37. The van der Waals surface area contributed by atoms with Gasteiger partial charge in [0.1, 0.15) is 12.3 Å². The molecular weight excluding hydrogens is 268 g/mol. The van der Waals surface area contributed by atoms with Crippen LogP contribution in [-0.2, 0) is 11.3 Å². The number of nitrogens with two attached hydrogens (primary N) is 1. The molecule has 1 aromatic heterocycles. The number of amides is 1. The number of carbonyl (C=O) groups excluding carboxylic acids is 1. The van der Waals surface area contributed by atoms with Gasteiger partial charge in [0.2, 0.25) is 11.9 Å². The number of piperidine rings is 1. The van der Waals surface area contributed by atoms with E-state index in [1.54, 1.807) is 11.7 Å². The molecule has 0 atom stereocenters. The summed E-state index contributed by atoms with van der Waals surface area (Å²) in [6, 6.07) is 5.56. The van der Waals surface area contributed by atoms with E-state index in [4.69, 9.17) is 10.5 Å². The van der Waals surface area contributed by atoms with Crippen LogP contribution < -0.4 is 10.5 Å². The fourth-order valence-electron chi connectivity index (χ4n) is 2.79. The standard InChI is InChI=1S/C15H20N4O2/c1-21-11-5-6-12-13(9-11)19(15(16)17-12)10-14(20)18-7-3-2-4-8-18/h5-6,9H,2-4,7-8,10H2,1H3,(H2,16,17). The van der Waals surface area contributed by atoms with Gasteiger partial charge >= 0.3 is 0 Å². The number of likely N-dealkylation sites (tertiary alicyclic amines) is 1. The van der Waals surface area contributed by atoms with Gasteiger partial charge in [0.05, 0.1) is 18.1 Å². The Bertz CT molecular complexity index is 659. The van der Waals surface area contributed by atoms with Crippen LogP contribution in [0.1, 0.15) is 19.3 Å². The Morgan fingerprint density at radius 3 is 2.81 bits per heavy atom. The summed E-state index contributed by atoms with van der Waals surface area (Å²) in [6.45, 7) is 1.92. The highest BCUT2D eigenvalue weighted by Gasteiger charge is 2.19. The van der Waals surface area contributed by atoms with E-state index in [1.807, 2.05) is 23.1 Å². The molecule has 1 aliphatic heterocycles. The van der Waals surface area contributed by atoms with Gasteiger partial charge < -0.3 is 19.9 Å². The molecule has 6 nitrogen and oxygen atoms in total. The summed E-state index contributed by atoms with van der Waals surface area (Å²) in [4.78, 5) is 18.6. The van der Waals surface area contributed by atoms with Crippen molar-refractivity contribution >= 4 is 22.9 Å². The number of aromatic nitrogens is 2. The fraction of sp³-hybridized carbons (Fsp3) is 0.467. The van der Waals surface area contributed by atoms with Crippen LogP contribution in [0.25, 0.3) is 11.0 Å². The molecule has 0 unspecified atom stereocenters. The lowest BCUT2D eigenvalue weighted by molar-refractivity contribution is -0.132. The first-order valence-corrected chi connectivity index (χ1v) is 7.26. The van der Waals surface area contributed by atoms with Crippen molar-refractivity contribution < 1.29 is 9.53 Å². The quantitative estimate of drug-likeness (QED) is 0.931. The molecule has 1 aliphatic rings. The zero-order valence-electron chi connectivity index (χ0n) is 12.2. The Morgan fingerprint density at radius 2 is 2.10 bits per heavy atom. The molecule has 2 aromatic rings. The monoisotopic (exact) mass is 288 g/mol. The Balaban J connectivity index is 1.88. The van der Waals surface area contributed by atoms with Crippen molar-refractivity contribution in [2.75, 3.05) is 25.9 Å². The number of ether oxygens (including phenoxy) is 1. The summed E-state index contributed by atoms with van der Waals surface area (Å²) in [7, 11) is 1.62. The predicted octanol–water partition coefficient (Wildman–Crippen LogP) is 1.64. The Morgan fingerprint density at radius 1 is 1.33 bits per heavy atom. The van der Waals surface area contributed by atoms with E-state index < -0.39 is 0 Å². The summed E-state index contributed by atoms with van der Waals surface area (Å²) >= 11 is 0. The average Bonchev–Trinajstić information content (AvgIpc) is 2.83. The number of imidazole rings is 1. The molecule has 0 bridgehead atoms. The molecule has 6 heteroatoms. The zero-order chi connectivity index (χ0) is 14.8. The normalized spacial score (nSPS) is 15.4. The van der Waals surface area contributed by atoms with Crippen molar-refractivity contribution in [3.63, 3.8) is 0 Å². The number of nitrogens with zero attached hydrogens (tertiary/aromatic N) is 3. The highest BCUT2D eigenvalue weighted by atomic mass is 16.5. The van der Waals surface area contributed by atoms with E-state index in [-0.39, 0.29) is 12.5 Å². The molecule has 0 spiro atoms.